The Morgan fingerprint density at radius 3 is 1.42 bits per heavy atom. The minimum atomic E-state index is -4.09. The van der Waals surface area contributed by atoms with Crippen LogP contribution in [0.25, 0.3) is 34.7 Å². The molecule has 0 spiro atoms. The molecule has 0 radical (unpaired) electrons. The van der Waals surface area contributed by atoms with Gasteiger partial charge in [0.1, 0.15) is 0 Å². The maximum Gasteiger partial charge on any atom is -0.147 e. The number of hydrogen-bond donors (Lipinski definition) is 0. The molecule has 2 aliphatic carbocycles. The first-order valence-electron chi connectivity index (χ1n) is 14.4. The molecule has 7 rings (SSSR count). The van der Waals surface area contributed by atoms with E-state index in [1.165, 1.54) is 44.5 Å². The van der Waals surface area contributed by atoms with E-state index in [2.05, 4.69) is 129 Å². The topological polar surface area (TPSA) is 25.8 Å². The van der Waals surface area contributed by atoms with Crippen molar-refractivity contribution in [3.63, 3.8) is 0 Å². The minimum Gasteiger partial charge on any atom is -0.147 e. The molecule has 0 N–H and O–H groups in total. The van der Waals surface area contributed by atoms with Gasteiger partial charge in [-0.25, -0.2) is 0 Å². The number of fused-ring (bicyclic) bond motifs is 2. The first-order valence-corrected chi connectivity index (χ1v) is 26.9. The molecule has 216 valence electrons. The van der Waals surface area contributed by atoms with Crippen molar-refractivity contribution in [3.05, 3.63) is 149 Å². The van der Waals surface area contributed by atoms with Gasteiger partial charge in [-0.15, -0.1) is 24.8 Å². The van der Waals surface area contributed by atoms with E-state index in [9.17, 15) is 0 Å². The largest absolute Gasteiger partial charge is 0.147 e. The third-order valence-corrected chi connectivity index (χ3v) is 33.4. The van der Waals surface area contributed by atoms with E-state index >= 15 is 0 Å². The molecule has 0 bridgehead atoms. The second-order valence-corrected chi connectivity index (χ2v) is 38.6. The van der Waals surface area contributed by atoms with Crippen LogP contribution < -0.4 is 3.27 Å². The van der Waals surface area contributed by atoms with Gasteiger partial charge in [0.05, 0.1) is 0 Å². The normalized spacial score (nSPS) is 17.1. The monoisotopic (exact) mass is 696 g/mol. The summed E-state index contributed by atoms with van der Waals surface area (Å²) in [6.45, 7) is 7.15. The number of rotatable bonds is 5. The minimum absolute atomic E-state index is 0. The van der Waals surface area contributed by atoms with Crippen LogP contribution in [0.3, 0.4) is 0 Å². The number of pyridine rings is 2. The molecule has 2 aliphatic rings. The summed E-state index contributed by atoms with van der Waals surface area (Å²) in [7, 11) is 0. The molecule has 0 aliphatic heterocycles. The molecule has 5 aromatic rings. The maximum absolute atomic E-state index is 4.75. The van der Waals surface area contributed by atoms with Crippen molar-refractivity contribution in [1.82, 2.24) is 9.97 Å². The van der Waals surface area contributed by atoms with Gasteiger partial charge in [-0.05, 0) is 0 Å². The molecular formula is C37H36Cl2N2SiZr. The molecule has 0 amide bonds. The predicted molar refractivity (Wildman–Crippen MR) is 187 cm³/mol. The molecule has 0 fully saturated rings. The molecule has 0 saturated heterocycles. The van der Waals surface area contributed by atoms with Crippen LogP contribution >= 0.6 is 24.8 Å². The van der Waals surface area contributed by atoms with Crippen molar-refractivity contribution < 1.29 is 17.4 Å². The van der Waals surface area contributed by atoms with Crippen LogP contribution in [0.15, 0.2) is 127 Å². The SMILES string of the molecule is CC1=Cc2c(-c3ccccn3)cccc2[CH]1[Zr]([CH3])(=[SiH2])([c]1ccccc1)[CH]1C(C)=Cc2c(-c3ccccn3)cccc21.Cl.Cl. The average molecular weight is 699 g/mol. The molecule has 3 aromatic carbocycles. The summed E-state index contributed by atoms with van der Waals surface area (Å²) in [5.74, 6) is 0. The molecule has 6 heteroatoms. The number of hydrogen-bond acceptors (Lipinski definition) is 2. The third-order valence-electron chi connectivity index (χ3n) is 9.65. The Kier molecular flexibility index (Phi) is 8.73. The number of allylic oxidation sites excluding steroid dienone is 2. The van der Waals surface area contributed by atoms with E-state index in [4.69, 9.17) is 9.97 Å². The van der Waals surface area contributed by atoms with Gasteiger partial charge in [0.15, 0.2) is 0 Å². The van der Waals surface area contributed by atoms with Crippen LogP contribution in [0.1, 0.15) is 43.4 Å². The van der Waals surface area contributed by atoms with Crippen LogP contribution in [-0.4, -0.2) is 16.8 Å². The fourth-order valence-corrected chi connectivity index (χ4v) is 33.4. The zero-order valence-corrected chi connectivity index (χ0v) is 30.2. The Morgan fingerprint density at radius 2 is 1.00 bits per heavy atom. The summed E-state index contributed by atoms with van der Waals surface area (Å²) in [4.78, 5) is 9.49. The summed E-state index contributed by atoms with van der Waals surface area (Å²) in [5, 5.41) is 0. The van der Waals surface area contributed by atoms with E-state index in [1.807, 2.05) is 24.5 Å². The Labute approximate surface area is 269 Å². The fourth-order valence-electron chi connectivity index (χ4n) is 8.14. The van der Waals surface area contributed by atoms with Gasteiger partial charge in [-0.1, -0.05) is 0 Å². The van der Waals surface area contributed by atoms with Crippen LogP contribution in [0.5, 0.6) is 0 Å². The van der Waals surface area contributed by atoms with E-state index in [1.54, 1.807) is 3.27 Å². The van der Waals surface area contributed by atoms with Crippen molar-refractivity contribution in [1.29, 1.82) is 0 Å². The Hall–Kier alpha value is -2.88. The van der Waals surface area contributed by atoms with Gasteiger partial charge in [0.2, 0.25) is 0 Å². The quantitative estimate of drug-likeness (QED) is 0.172. The number of halogens is 2. The third kappa shape index (κ3) is 4.88. The van der Waals surface area contributed by atoms with Crippen molar-refractivity contribution in [3.8, 4) is 22.5 Å². The molecule has 2 unspecified atom stereocenters. The fraction of sp³-hybridized carbons (Fsp3) is 0.135. The molecule has 2 aromatic heterocycles. The summed E-state index contributed by atoms with van der Waals surface area (Å²) in [6, 6.07) is 37.7. The number of nitrogens with zero attached hydrogens (tertiary/aromatic N) is 2. The Morgan fingerprint density at radius 1 is 0.558 bits per heavy atom. The summed E-state index contributed by atoms with van der Waals surface area (Å²) < 4.78 is 5.06. The van der Waals surface area contributed by atoms with E-state index in [0.29, 0.717) is 7.25 Å². The van der Waals surface area contributed by atoms with Gasteiger partial charge < -0.3 is 0 Å². The van der Waals surface area contributed by atoms with Crippen molar-refractivity contribution in [2.45, 2.75) is 25.7 Å². The molecule has 2 atom stereocenters. The second-order valence-electron chi connectivity index (χ2n) is 12.3. The zero-order chi connectivity index (χ0) is 28.2. The molecule has 2 nitrogen and oxygen atoms in total. The number of aromatic nitrogens is 2. The Bertz CT molecular complexity index is 1820. The standard InChI is InChI=1S/2C15H12N.C6H5.CH3.2ClH.H2Si.Zr/c2*1-11-9-12-5-4-6-13(14(12)10-11)15-7-2-3-8-16-15;1-2-4-6-5-3-1;;;;;/h2*2-10H,1H3;1-5H;1H3;2*1H;1H2;. The second kappa shape index (κ2) is 11.9. The number of benzene rings is 3. The average Bonchev–Trinajstić information content (AvgIpc) is 3.55. The van der Waals surface area contributed by atoms with Gasteiger partial charge in [-0.3, -0.25) is 0 Å². The maximum atomic E-state index is 4.75. The smallest absolute Gasteiger partial charge is 0.147 e. The van der Waals surface area contributed by atoms with Gasteiger partial charge >= 0.3 is 247 Å². The van der Waals surface area contributed by atoms with Crippen molar-refractivity contribution >= 4 is 47.1 Å². The van der Waals surface area contributed by atoms with Crippen molar-refractivity contribution in [2.75, 3.05) is 0 Å². The van der Waals surface area contributed by atoms with E-state index in [-0.39, 0.29) is 24.8 Å². The summed E-state index contributed by atoms with van der Waals surface area (Å²) >= 11 is -4.09. The predicted octanol–water partition coefficient (Wildman–Crippen LogP) is 8.88. The van der Waals surface area contributed by atoms with E-state index in [0.717, 1.165) is 11.4 Å². The van der Waals surface area contributed by atoms with Crippen LogP contribution in [0.4, 0.5) is 0 Å². The van der Waals surface area contributed by atoms with E-state index < -0.39 is 17.4 Å². The molecule has 2 heterocycles. The summed E-state index contributed by atoms with van der Waals surface area (Å²) in [6.07, 6.45) is 8.74. The first-order chi connectivity index (χ1) is 19.9. The van der Waals surface area contributed by atoms with Crippen LogP contribution in [0, 0.1) is 0 Å². The van der Waals surface area contributed by atoms with Gasteiger partial charge in [0, 0.05) is 0 Å². The van der Waals surface area contributed by atoms with Crippen molar-refractivity contribution in [2.24, 2.45) is 0 Å². The zero-order valence-electron chi connectivity index (χ0n) is 24.7. The van der Waals surface area contributed by atoms with Gasteiger partial charge in [-0.2, -0.15) is 0 Å². The Balaban J connectivity index is 0.00000184. The summed E-state index contributed by atoms with van der Waals surface area (Å²) in [5.41, 5.74) is 13.2. The molecule has 0 saturated carbocycles. The molecule has 43 heavy (non-hydrogen) atoms. The van der Waals surface area contributed by atoms with Crippen LogP contribution in [0.2, 0.25) is 4.63 Å². The first kappa shape index (κ1) is 31.5. The molecular weight excluding hydrogens is 663 g/mol. The van der Waals surface area contributed by atoms with Crippen LogP contribution in [-0.2, 0) is 17.4 Å². The van der Waals surface area contributed by atoms with Gasteiger partial charge in [0.25, 0.3) is 0 Å².